The van der Waals surface area contributed by atoms with Crippen molar-refractivity contribution in [3.05, 3.63) is 12.7 Å². The fraction of sp³-hybridized carbons (Fsp3) is 0.545. The first-order valence-electron chi connectivity index (χ1n) is 5.66. The maximum Gasteiger partial charge on any atom is 0.415 e. The number of rotatable bonds is 3. The van der Waals surface area contributed by atoms with Crippen LogP contribution in [-0.4, -0.2) is 58.2 Å². The van der Waals surface area contributed by atoms with Crippen LogP contribution in [0.3, 0.4) is 0 Å². The molecule has 2 heterocycles. The number of carbonyl (C=O) groups is 3. The number of hydrogen-bond donors (Lipinski definition) is 1. The molecule has 0 aromatic heterocycles. The molecule has 2 fully saturated rings. The van der Waals surface area contributed by atoms with Crippen molar-refractivity contribution in [1.82, 2.24) is 9.80 Å². The van der Waals surface area contributed by atoms with E-state index in [0.29, 0.717) is 12.8 Å². The number of esters is 1. The van der Waals surface area contributed by atoms with Gasteiger partial charge in [0.25, 0.3) is 0 Å². The van der Waals surface area contributed by atoms with Crippen molar-refractivity contribution in [3.8, 4) is 0 Å². The summed E-state index contributed by atoms with van der Waals surface area (Å²) in [6.07, 6.45) is 1.09. The van der Waals surface area contributed by atoms with Crippen LogP contribution in [0.15, 0.2) is 12.7 Å². The zero-order valence-electron chi connectivity index (χ0n) is 9.74. The quantitative estimate of drug-likeness (QED) is 0.590. The van der Waals surface area contributed by atoms with Crippen LogP contribution in [0.25, 0.3) is 0 Å². The number of carboxylic acid groups (broad SMARTS) is 1. The zero-order chi connectivity index (χ0) is 13.3. The van der Waals surface area contributed by atoms with E-state index in [2.05, 4.69) is 6.58 Å². The molecule has 0 aliphatic carbocycles. The van der Waals surface area contributed by atoms with Crippen molar-refractivity contribution in [3.63, 3.8) is 0 Å². The van der Waals surface area contributed by atoms with Gasteiger partial charge in [0.15, 0.2) is 0 Å². The molecule has 0 aromatic carbocycles. The first-order chi connectivity index (χ1) is 8.56. The van der Waals surface area contributed by atoms with Gasteiger partial charge in [0.2, 0.25) is 0 Å². The molecule has 7 heteroatoms. The van der Waals surface area contributed by atoms with Crippen LogP contribution in [0.1, 0.15) is 12.8 Å². The molecule has 1 N–H and O–H groups in total. The molecule has 2 aliphatic rings. The van der Waals surface area contributed by atoms with Crippen molar-refractivity contribution >= 4 is 18.1 Å². The Kier molecular flexibility index (Phi) is 3.22. The Balaban J connectivity index is 2.10. The van der Waals surface area contributed by atoms with Crippen LogP contribution in [0.5, 0.6) is 0 Å². The Labute approximate surface area is 104 Å². The van der Waals surface area contributed by atoms with E-state index in [1.54, 1.807) is 0 Å². The van der Waals surface area contributed by atoms with Crippen molar-refractivity contribution in [2.75, 3.05) is 13.2 Å². The molecule has 2 rings (SSSR count). The maximum atomic E-state index is 11.9. The third-order valence-electron chi connectivity index (χ3n) is 3.20. The molecule has 2 aliphatic heterocycles. The molecule has 98 valence electrons. The normalized spacial score (nSPS) is 26.1. The number of piperidine rings is 1. The minimum absolute atomic E-state index is 0.0867. The predicted molar refractivity (Wildman–Crippen MR) is 59.9 cm³/mol. The number of hydrogen-bond acceptors (Lipinski definition) is 4. The standard InChI is InChI=1S/C11H14N2O5/c1-2-5-18-9(14)8-4-3-7-6-12(8)10(15)13(7)11(16)17/h2,7-8H,1,3-6H2,(H,16,17)/t7-,8-/m1/s1. The Bertz CT molecular complexity index is 408. The number of imide groups is 1. The molecule has 7 nitrogen and oxygen atoms in total. The van der Waals surface area contributed by atoms with Crippen molar-refractivity contribution in [2.45, 2.75) is 24.9 Å². The minimum Gasteiger partial charge on any atom is -0.465 e. The highest BCUT2D eigenvalue weighted by atomic mass is 16.5. The van der Waals surface area contributed by atoms with Gasteiger partial charge in [-0.15, -0.1) is 0 Å². The van der Waals surface area contributed by atoms with Gasteiger partial charge < -0.3 is 14.7 Å². The first-order valence-corrected chi connectivity index (χ1v) is 5.66. The summed E-state index contributed by atoms with van der Waals surface area (Å²) >= 11 is 0. The number of ether oxygens (including phenoxy) is 1. The fourth-order valence-corrected chi connectivity index (χ4v) is 2.39. The average molecular weight is 254 g/mol. The van der Waals surface area contributed by atoms with E-state index >= 15 is 0 Å². The minimum atomic E-state index is -1.27. The van der Waals surface area contributed by atoms with E-state index in [0.717, 1.165) is 4.90 Å². The molecule has 18 heavy (non-hydrogen) atoms. The van der Waals surface area contributed by atoms with Gasteiger partial charge >= 0.3 is 18.1 Å². The number of carbonyl (C=O) groups excluding carboxylic acids is 2. The topological polar surface area (TPSA) is 87.2 Å². The largest absolute Gasteiger partial charge is 0.465 e. The van der Waals surface area contributed by atoms with Gasteiger partial charge in [-0.2, -0.15) is 0 Å². The number of urea groups is 1. The van der Waals surface area contributed by atoms with Crippen molar-refractivity contribution in [1.29, 1.82) is 0 Å². The predicted octanol–water partition coefficient (Wildman–Crippen LogP) is 0.662. The lowest BCUT2D eigenvalue weighted by atomic mass is 10.0. The second kappa shape index (κ2) is 4.67. The van der Waals surface area contributed by atoms with Crippen LogP contribution < -0.4 is 0 Å². The zero-order valence-corrected chi connectivity index (χ0v) is 9.74. The summed E-state index contributed by atoms with van der Waals surface area (Å²) in [6, 6.07) is -1.66. The molecule has 3 amide bonds. The van der Waals surface area contributed by atoms with Crippen LogP contribution >= 0.6 is 0 Å². The molecule has 0 spiro atoms. The second-order valence-corrected chi connectivity index (χ2v) is 4.25. The molecule has 0 aromatic rings. The molecule has 2 saturated heterocycles. The molecule has 0 radical (unpaired) electrons. The van der Waals surface area contributed by atoms with E-state index < -0.39 is 24.1 Å². The number of nitrogens with zero attached hydrogens (tertiary/aromatic N) is 2. The first kappa shape index (κ1) is 12.4. The third kappa shape index (κ3) is 1.92. The van der Waals surface area contributed by atoms with E-state index in [-0.39, 0.29) is 19.2 Å². The number of fused-ring (bicyclic) bond motifs is 2. The third-order valence-corrected chi connectivity index (χ3v) is 3.20. The highest BCUT2D eigenvalue weighted by Crippen LogP contribution is 2.30. The van der Waals surface area contributed by atoms with Gasteiger partial charge in [0.05, 0.1) is 6.04 Å². The van der Waals surface area contributed by atoms with Crippen LogP contribution in [0, 0.1) is 0 Å². The smallest absolute Gasteiger partial charge is 0.415 e. The van der Waals surface area contributed by atoms with Crippen LogP contribution in [-0.2, 0) is 9.53 Å². The summed E-state index contributed by atoms with van der Waals surface area (Å²) in [5.41, 5.74) is 0. The molecule has 2 bridgehead atoms. The Morgan fingerprint density at radius 1 is 1.50 bits per heavy atom. The molecule has 2 atom stereocenters. The Morgan fingerprint density at radius 3 is 2.83 bits per heavy atom. The van der Waals surface area contributed by atoms with Crippen molar-refractivity contribution in [2.24, 2.45) is 0 Å². The fourth-order valence-electron chi connectivity index (χ4n) is 2.39. The summed E-state index contributed by atoms with van der Waals surface area (Å²) in [5, 5.41) is 8.95. The summed E-state index contributed by atoms with van der Waals surface area (Å²) in [7, 11) is 0. The molecular weight excluding hydrogens is 240 g/mol. The van der Waals surface area contributed by atoms with Gasteiger partial charge in [-0.05, 0) is 12.8 Å². The molecule has 0 saturated carbocycles. The Hall–Kier alpha value is -2.05. The lowest BCUT2D eigenvalue weighted by molar-refractivity contribution is -0.148. The van der Waals surface area contributed by atoms with Crippen LogP contribution in [0.4, 0.5) is 9.59 Å². The van der Waals surface area contributed by atoms with Gasteiger partial charge in [-0.1, -0.05) is 12.7 Å². The summed E-state index contributed by atoms with van der Waals surface area (Å²) in [6.45, 7) is 3.78. The van der Waals surface area contributed by atoms with Crippen LogP contribution in [0.2, 0.25) is 0 Å². The number of amides is 3. The Morgan fingerprint density at radius 2 is 2.22 bits per heavy atom. The molecular formula is C11H14N2O5. The van der Waals surface area contributed by atoms with E-state index in [1.807, 2.05) is 0 Å². The van der Waals surface area contributed by atoms with E-state index in [4.69, 9.17) is 9.84 Å². The van der Waals surface area contributed by atoms with Gasteiger partial charge in [-0.25, -0.2) is 19.3 Å². The highest BCUT2D eigenvalue weighted by Gasteiger charge is 2.49. The SMILES string of the molecule is C=CCOC(=O)[C@H]1CC[C@@H]2CN1C(=O)N2C(=O)O. The van der Waals surface area contributed by atoms with E-state index in [9.17, 15) is 14.4 Å². The second-order valence-electron chi connectivity index (χ2n) is 4.25. The lowest BCUT2D eigenvalue weighted by Gasteiger charge is -2.28. The average Bonchev–Trinajstić information content (AvgIpc) is 2.59. The van der Waals surface area contributed by atoms with E-state index in [1.165, 1.54) is 11.0 Å². The summed E-state index contributed by atoms with van der Waals surface area (Å²) in [4.78, 5) is 36.6. The van der Waals surface area contributed by atoms with Gasteiger partial charge in [0, 0.05) is 6.54 Å². The summed E-state index contributed by atoms with van der Waals surface area (Å²) in [5.74, 6) is -0.506. The highest BCUT2D eigenvalue weighted by molar-refractivity contribution is 5.95. The van der Waals surface area contributed by atoms with Crippen molar-refractivity contribution < 1.29 is 24.2 Å². The van der Waals surface area contributed by atoms with Gasteiger partial charge in [-0.3, -0.25) is 0 Å². The maximum absolute atomic E-state index is 11.9. The van der Waals surface area contributed by atoms with Gasteiger partial charge in [0.1, 0.15) is 12.6 Å². The lowest BCUT2D eigenvalue weighted by Crippen LogP contribution is -2.45. The molecule has 0 unspecified atom stereocenters. The monoisotopic (exact) mass is 254 g/mol. The summed E-state index contributed by atoms with van der Waals surface area (Å²) < 4.78 is 4.91.